The van der Waals surface area contributed by atoms with Crippen molar-refractivity contribution in [2.45, 2.75) is 30.6 Å². The van der Waals surface area contributed by atoms with Crippen LogP contribution in [0.25, 0.3) is 0 Å². The number of hydrogen-bond acceptors (Lipinski definition) is 3. The van der Waals surface area contributed by atoms with Gasteiger partial charge in [-0.3, -0.25) is 4.79 Å². The number of carbonyl (C=O) groups is 1. The first-order valence-corrected chi connectivity index (χ1v) is 8.92. The second-order valence-corrected chi connectivity index (χ2v) is 7.58. The average Bonchev–Trinajstić information content (AvgIpc) is 3.19. The van der Waals surface area contributed by atoms with E-state index in [9.17, 15) is 13.2 Å². The molecule has 0 spiro atoms. The zero-order valence-electron chi connectivity index (χ0n) is 12.0. The van der Waals surface area contributed by atoms with Gasteiger partial charge < -0.3 is 4.90 Å². The van der Waals surface area contributed by atoms with E-state index >= 15 is 0 Å². The van der Waals surface area contributed by atoms with E-state index in [-0.39, 0.29) is 10.8 Å². The van der Waals surface area contributed by atoms with Crippen LogP contribution in [0.2, 0.25) is 0 Å². The van der Waals surface area contributed by atoms with Crippen LogP contribution in [0, 0.1) is 0 Å². The number of rotatable bonds is 3. The van der Waals surface area contributed by atoms with Crippen LogP contribution in [-0.4, -0.2) is 49.7 Å². The van der Waals surface area contributed by atoms with E-state index in [1.54, 1.807) is 23.1 Å². The van der Waals surface area contributed by atoms with Gasteiger partial charge in [-0.05, 0) is 43.9 Å². The summed E-state index contributed by atoms with van der Waals surface area (Å²) in [6.07, 6.45) is 3.87. The smallest absolute Gasteiger partial charge is 0.253 e. The molecule has 114 valence electrons. The molecule has 0 aromatic heterocycles. The Hall–Kier alpha value is -1.40. The van der Waals surface area contributed by atoms with E-state index in [0.717, 1.165) is 38.8 Å². The maximum atomic E-state index is 12.5. The standard InChI is InChI=1S/C15H20N2O3S/c18-15(16-8-1-2-9-16)13-6-5-7-14(12-13)21(19,20)17-10-3-4-11-17/h5-7,12H,1-4,8-11H2. The van der Waals surface area contributed by atoms with E-state index < -0.39 is 10.0 Å². The molecule has 0 N–H and O–H groups in total. The predicted octanol–water partition coefficient (Wildman–Crippen LogP) is 1.71. The van der Waals surface area contributed by atoms with Crippen LogP contribution in [0.5, 0.6) is 0 Å². The molecule has 2 aliphatic rings. The molecule has 0 unspecified atom stereocenters. The van der Waals surface area contributed by atoms with Gasteiger partial charge in [0.05, 0.1) is 4.90 Å². The van der Waals surface area contributed by atoms with Crippen LogP contribution < -0.4 is 0 Å². The molecule has 6 heteroatoms. The first-order valence-electron chi connectivity index (χ1n) is 7.48. The van der Waals surface area contributed by atoms with E-state index in [1.807, 2.05) is 0 Å². The van der Waals surface area contributed by atoms with E-state index in [0.29, 0.717) is 18.7 Å². The fraction of sp³-hybridized carbons (Fsp3) is 0.533. The molecule has 2 saturated heterocycles. The summed E-state index contributed by atoms with van der Waals surface area (Å²) < 4.78 is 26.6. The zero-order valence-corrected chi connectivity index (χ0v) is 12.8. The molecule has 0 aliphatic carbocycles. The van der Waals surface area contributed by atoms with Gasteiger partial charge >= 0.3 is 0 Å². The number of carbonyl (C=O) groups excluding carboxylic acids is 1. The normalized spacial score (nSPS) is 20.1. The number of likely N-dealkylation sites (tertiary alicyclic amines) is 1. The lowest BCUT2D eigenvalue weighted by molar-refractivity contribution is 0.0792. The van der Waals surface area contributed by atoms with Crippen molar-refractivity contribution in [1.29, 1.82) is 0 Å². The van der Waals surface area contributed by atoms with E-state index in [1.165, 1.54) is 10.4 Å². The summed E-state index contributed by atoms with van der Waals surface area (Å²) >= 11 is 0. The maximum Gasteiger partial charge on any atom is 0.253 e. The van der Waals surface area contributed by atoms with E-state index in [2.05, 4.69) is 0 Å². The number of nitrogens with zero attached hydrogens (tertiary/aromatic N) is 2. The molecule has 0 atom stereocenters. The molecule has 0 radical (unpaired) electrons. The van der Waals surface area contributed by atoms with Crippen LogP contribution >= 0.6 is 0 Å². The van der Waals surface area contributed by atoms with Gasteiger partial charge in [0.2, 0.25) is 10.0 Å². The summed E-state index contributed by atoms with van der Waals surface area (Å²) in [5.74, 6) is -0.0639. The molecule has 21 heavy (non-hydrogen) atoms. The molecule has 2 fully saturated rings. The van der Waals surface area contributed by atoms with E-state index in [4.69, 9.17) is 0 Å². The molecule has 0 bridgehead atoms. The predicted molar refractivity (Wildman–Crippen MR) is 79.6 cm³/mol. The Morgan fingerprint density at radius 2 is 1.57 bits per heavy atom. The lowest BCUT2D eigenvalue weighted by Gasteiger charge is -2.18. The maximum absolute atomic E-state index is 12.5. The van der Waals surface area contributed by atoms with Crippen LogP contribution in [0.1, 0.15) is 36.0 Å². The van der Waals surface area contributed by atoms with Crippen molar-refractivity contribution in [3.63, 3.8) is 0 Å². The minimum atomic E-state index is -3.46. The Labute approximate surface area is 125 Å². The summed E-state index contributed by atoms with van der Waals surface area (Å²) in [4.78, 5) is 14.4. The minimum absolute atomic E-state index is 0.0639. The molecular weight excluding hydrogens is 288 g/mol. The number of benzene rings is 1. The molecule has 2 heterocycles. The number of hydrogen-bond donors (Lipinski definition) is 0. The van der Waals surface area contributed by atoms with Gasteiger partial charge in [0.25, 0.3) is 5.91 Å². The third-order valence-corrected chi connectivity index (χ3v) is 6.07. The van der Waals surface area contributed by atoms with Gasteiger partial charge in [0.15, 0.2) is 0 Å². The first-order chi connectivity index (χ1) is 10.1. The molecule has 1 aromatic rings. The topological polar surface area (TPSA) is 57.7 Å². The quantitative estimate of drug-likeness (QED) is 0.854. The summed E-state index contributed by atoms with van der Waals surface area (Å²) in [6.45, 7) is 2.68. The van der Waals surface area contributed by atoms with Gasteiger partial charge in [-0.2, -0.15) is 4.31 Å². The monoisotopic (exact) mass is 308 g/mol. The zero-order chi connectivity index (χ0) is 14.9. The molecule has 5 nitrogen and oxygen atoms in total. The Kier molecular flexibility index (Phi) is 3.99. The van der Waals surface area contributed by atoms with Gasteiger partial charge in [-0.1, -0.05) is 6.07 Å². The van der Waals surface area contributed by atoms with Crippen LogP contribution in [0.15, 0.2) is 29.2 Å². The Bertz CT molecular complexity index is 630. The number of sulfonamides is 1. The van der Waals surface area contributed by atoms with Crippen molar-refractivity contribution in [3.05, 3.63) is 29.8 Å². The summed E-state index contributed by atoms with van der Waals surface area (Å²) in [5.41, 5.74) is 0.470. The lowest BCUT2D eigenvalue weighted by atomic mass is 10.2. The van der Waals surface area contributed by atoms with Gasteiger partial charge in [0, 0.05) is 31.7 Å². The summed E-state index contributed by atoms with van der Waals surface area (Å²) in [7, 11) is -3.46. The third kappa shape index (κ3) is 2.82. The van der Waals surface area contributed by atoms with Crippen molar-refractivity contribution in [1.82, 2.24) is 9.21 Å². The second kappa shape index (κ2) is 5.77. The highest BCUT2D eigenvalue weighted by molar-refractivity contribution is 7.89. The highest BCUT2D eigenvalue weighted by Gasteiger charge is 2.28. The van der Waals surface area contributed by atoms with Crippen molar-refractivity contribution in [3.8, 4) is 0 Å². The van der Waals surface area contributed by atoms with Crippen molar-refractivity contribution >= 4 is 15.9 Å². The van der Waals surface area contributed by atoms with Gasteiger partial charge in [-0.25, -0.2) is 8.42 Å². The van der Waals surface area contributed by atoms with Crippen molar-refractivity contribution < 1.29 is 13.2 Å². The fourth-order valence-electron chi connectivity index (χ4n) is 2.97. The second-order valence-electron chi connectivity index (χ2n) is 5.64. The van der Waals surface area contributed by atoms with Crippen molar-refractivity contribution in [2.24, 2.45) is 0 Å². The lowest BCUT2D eigenvalue weighted by Crippen LogP contribution is -2.29. The number of amides is 1. The van der Waals surface area contributed by atoms with Crippen LogP contribution in [0.3, 0.4) is 0 Å². The molecule has 2 aliphatic heterocycles. The Balaban J connectivity index is 1.87. The van der Waals surface area contributed by atoms with Crippen molar-refractivity contribution in [2.75, 3.05) is 26.2 Å². The first kappa shape index (κ1) is 14.5. The minimum Gasteiger partial charge on any atom is -0.339 e. The van der Waals surface area contributed by atoms with Crippen LogP contribution in [0.4, 0.5) is 0 Å². The Morgan fingerprint density at radius 1 is 0.952 bits per heavy atom. The third-order valence-electron chi connectivity index (χ3n) is 4.18. The molecule has 1 aromatic carbocycles. The molecule has 3 rings (SSSR count). The van der Waals surface area contributed by atoms with Gasteiger partial charge in [-0.15, -0.1) is 0 Å². The average molecular weight is 308 g/mol. The summed E-state index contributed by atoms with van der Waals surface area (Å²) in [5, 5.41) is 0. The fourth-order valence-corrected chi connectivity index (χ4v) is 4.53. The molecule has 0 saturated carbocycles. The molecular formula is C15H20N2O3S. The van der Waals surface area contributed by atoms with Gasteiger partial charge in [0.1, 0.15) is 0 Å². The highest BCUT2D eigenvalue weighted by Crippen LogP contribution is 2.22. The SMILES string of the molecule is O=C(c1cccc(S(=O)(=O)N2CCCC2)c1)N1CCCC1. The molecule has 1 amide bonds. The Morgan fingerprint density at radius 3 is 2.24 bits per heavy atom. The summed E-state index contributed by atoms with van der Waals surface area (Å²) in [6, 6.07) is 6.46. The largest absolute Gasteiger partial charge is 0.339 e. The van der Waals surface area contributed by atoms with Crippen LogP contribution in [-0.2, 0) is 10.0 Å². The highest BCUT2D eigenvalue weighted by atomic mass is 32.2.